The van der Waals surface area contributed by atoms with Gasteiger partial charge in [-0.1, -0.05) is 13.3 Å². The normalized spacial score (nSPS) is 28.9. The average molecular weight is 157 g/mol. The molecule has 1 saturated carbocycles. The van der Waals surface area contributed by atoms with Crippen LogP contribution in [-0.2, 0) is 0 Å². The van der Waals surface area contributed by atoms with E-state index < -0.39 is 0 Å². The van der Waals surface area contributed by atoms with Crippen molar-refractivity contribution in [2.24, 2.45) is 5.92 Å². The van der Waals surface area contributed by atoms with Crippen molar-refractivity contribution in [3.63, 3.8) is 0 Å². The van der Waals surface area contributed by atoms with Gasteiger partial charge in [-0.3, -0.25) is 0 Å². The summed E-state index contributed by atoms with van der Waals surface area (Å²) in [4.78, 5) is 0. The molecule has 11 heavy (non-hydrogen) atoms. The van der Waals surface area contributed by atoms with Crippen LogP contribution in [0.2, 0.25) is 0 Å². The molecule has 2 nitrogen and oxygen atoms in total. The standard InChI is InChI=1S/C9H19NO/c1-2-8-7-9(8)10-5-3-4-6-11/h8-11H,2-7H2,1H3. The summed E-state index contributed by atoms with van der Waals surface area (Å²) in [6.07, 6.45) is 4.74. The van der Waals surface area contributed by atoms with Crippen molar-refractivity contribution in [1.82, 2.24) is 5.32 Å². The predicted molar refractivity (Wildman–Crippen MR) is 46.5 cm³/mol. The molecule has 0 aliphatic heterocycles. The van der Waals surface area contributed by atoms with Gasteiger partial charge in [0.05, 0.1) is 0 Å². The number of hydrogen-bond donors (Lipinski definition) is 2. The molecule has 0 bridgehead atoms. The summed E-state index contributed by atoms with van der Waals surface area (Å²) in [7, 11) is 0. The Hall–Kier alpha value is -0.0800. The number of rotatable bonds is 6. The quantitative estimate of drug-likeness (QED) is 0.567. The molecule has 0 saturated heterocycles. The van der Waals surface area contributed by atoms with Crippen LogP contribution in [0.3, 0.4) is 0 Å². The zero-order chi connectivity index (χ0) is 8.10. The van der Waals surface area contributed by atoms with Crippen LogP contribution in [0.5, 0.6) is 0 Å². The fourth-order valence-electron chi connectivity index (χ4n) is 1.47. The second-order valence-electron chi connectivity index (χ2n) is 3.40. The Morgan fingerprint density at radius 2 is 2.27 bits per heavy atom. The maximum absolute atomic E-state index is 8.52. The first kappa shape index (κ1) is 9.01. The molecular weight excluding hydrogens is 138 g/mol. The fourth-order valence-corrected chi connectivity index (χ4v) is 1.47. The summed E-state index contributed by atoms with van der Waals surface area (Å²) in [5.74, 6) is 0.948. The zero-order valence-electron chi connectivity index (χ0n) is 7.34. The molecule has 0 radical (unpaired) electrons. The van der Waals surface area contributed by atoms with Gasteiger partial charge in [-0.05, 0) is 31.7 Å². The summed E-state index contributed by atoms with van der Waals surface area (Å²) in [6.45, 7) is 3.67. The van der Waals surface area contributed by atoms with Crippen LogP contribution < -0.4 is 5.32 Å². The third kappa shape index (κ3) is 3.21. The highest BCUT2D eigenvalue weighted by atomic mass is 16.2. The van der Waals surface area contributed by atoms with E-state index in [1.165, 1.54) is 12.8 Å². The van der Waals surface area contributed by atoms with E-state index in [9.17, 15) is 0 Å². The van der Waals surface area contributed by atoms with Gasteiger partial charge < -0.3 is 10.4 Å². The first-order valence-corrected chi connectivity index (χ1v) is 4.72. The van der Waals surface area contributed by atoms with Crippen molar-refractivity contribution in [3.8, 4) is 0 Å². The van der Waals surface area contributed by atoms with Crippen LogP contribution in [0.15, 0.2) is 0 Å². The van der Waals surface area contributed by atoms with Crippen molar-refractivity contribution < 1.29 is 5.11 Å². The maximum atomic E-state index is 8.52. The highest BCUT2D eigenvalue weighted by Gasteiger charge is 2.34. The summed E-state index contributed by atoms with van der Waals surface area (Å²) in [5, 5.41) is 12.0. The Labute approximate surface area is 69.0 Å². The van der Waals surface area contributed by atoms with Crippen LogP contribution in [0.1, 0.15) is 32.6 Å². The lowest BCUT2D eigenvalue weighted by Gasteiger charge is -2.01. The molecule has 1 aliphatic rings. The third-order valence-corrected chi connectivity index (χ3v) is 2.44. The van der Waals surface area contributed by atoms with Crippen molar-refractivity contribution in [2.45, 2.75) is 38.6 Å². The molecule has 1 aliphatic carbocycles. The van der Waals surface area contributed by atoms with Crippen molar-refractivity contribution in [3.05, 3.63) is 0 Å². The lowest BCUT2D eigenvalue weighted by atomic mass is 10.3. The summed E-state index contributed by atoms with van der Waals surface area (Å²) < 4.78 is 0. The lowest BCUT2D eigenvalue weighted by Crippen LogP contribution is -2.19. The number of aliphatic hydroxyl groups is 1. The molecule has 1 rings (SSSR count). The van der Waals surface area contributed by atoms with Gasteiger partial charge in [-0.25, -0.2) is 0 Å². The SMILES string of the molecule is CCC1CC1NCCCCO. The van der Waals surface area contributed by atoms with Crippen LogP contribution >= 0.6 is 0 Å². The first-order chi connectivity index (χ1) is 5.38. The van der Waals surface area contributed by atoms with E-state index >= 15 is 0 Å². The van der Waals surface area contributed by atoms with E-state index in [-0.39, 0.29) is 0 Å². The molecule has 0 aromatic heterocycles. The minimum absolute atomic E-state index is 0.337. The molecule has 1 fully saturated rings. The van der Waals surface area contributed by atoms with Crippen LogP contribution in [0, 0.1) is 5.92 Å². The van der Waals surface area contributed by atoms with E-state index in [0.717, 1.165) is 31.3 Å². The molecule has 0 amide bonds. The molecular formula is C9H19NO. The molecule has 66 valence electrons. The van der Waals surface area contributed by atoms with Crippen LogP contribution in [-0.4, -0.2) is 24.3 Å². The largest absolute Gasteiger partial charge is 0.396 e. The van der Waals surface area contributed by atoms with E-state index in [4.69, 9.17) is 5.11 Å². The highest BCUT2D eigenvalue weighted by molar-refractivity contribution is 4.91. The number of aliphatic hydroxyl groups excluding tert-OH is 1. The first-order valence-electron chi connectivity index (χ1n) is 4.72. The van der Waals surface area contributed by atoms with Gasteiger partial charge in [-0.15, -0.1) is 0 Å². The van der Waals surface area contributed by atoms with Crippen LogP contribution in [0.25, 0.3) is 0 Å². The molecule has 2 atom stereocenters. The number of unbranched alkanes of at least 4 members (excludes halogenated alkanes) is 1. The highest BCUT2D eigenvalue weighted by Crippen LogP contribution is 2.32. The van der Waals surface area contributed by atoms with E-state index in [2.05, 4.69) is 12.2 Å². The van der Waals surface area contributed by atoms with Crippen LogP contribution in [0.4, 0.5) is 0 Å². The molecule has 0 heterocycles. The molecule has 2 heteroatoms. The maximum Gasteiger partial charge on any atom is 0.0431 e. The van der Waals surface area contributed by atoms with Crippen molar-refractivity contribution in [1.29, 1.82) is 0 Å². The van der Waals surface area contributed by atoms with E-state index in [0.29, 0.717) is 6.61 Å². The van der Waals surface area contributed by atoms with Gasteiger partial charge in [-0.2, -0.15) is 0 Å². The molecule has 2 N–H and O–H groups in total. The van der Waals surface area contributed by atoms with Gasteiger partial charge in [0.1, 0.15) is 0 Å². The van der Waals surface area contributed by atoms with E-state index in [1.54, 1.807) is 0 Å². The fraction of sp³-hybridized carbons (Fsp3) is 1.00. The second kappa shape index (κ2) is 4.73. The molecule has 2 unspecified atom stereocenters. The summed E-state index contributed by atoms with van der Waals surface area (Å²) in [5.41, 5.74) is 0. The predicted octanol–water partition coefficient (Wildman–Crippen LogP) is 1.15. The monoisotopic (exact) mass is 157 g/mol. The topological polar surface area (TPSA) is 32.3 Å². The molecule has 0 aromatic carbocycles. The Kier molecular flexibility index (Phi) is 3.87. The summed E-state index contributed by atoms with van der Waals surface area (Å²) in [6, 6.07) is 0.804. The van der Waals surface area contributed by atoms with E-state index in [1.807, 2.05) is 0 Å². The van der Waals surface area contributed by atoms with Gasteiger partial charge in [0, 0.05) is 12.6 Å². The smallest absolute Gasteiger partial charge is 0.0431 e. The number of nitrogens with one attached hydrogen (secondary N) is 1. The second-order valence-corrected chi connectivity index (χ2v) is 3.40. The zero-order valence-corrected chi connectivity index (χ0v) is 7.34. The third-order valence-electron chi connectivity index (χ3n) is 2.44. The Morgan fingerprint density at radius 3 is 2.82 bits per heavy atom. The minimum Gasteiger partial charge on any atom is -0.396 e. The lowest BCUT2D eigenvalue weighted by molar-refractivity contribution is 0.283. The van der Waals surface area contributed by atoms with Gasteiger partial charge in [0.15, 0.2) is 0 Å². The van der Waals surface area contributed by atoms with Gasteiger partial charge in [0.25, 0.3) is 0 Å². The Bertz CT molecular complexity index is 106. The van der Waals surface area contributed by atoms with Crippen molar-refractivity contribution in [2.75, 3.05) is 13.2 Å². The summed E-state index contributed by atoms with van der Waals surface area (Å²) >= 11 is 0. The minimum atomic E-state index is 0.337. The average Bonchev–Trinajstić information content (AvgIpc) is 2.77. The van der Waals surface area contributed by atoms with Gasteiger partial charge in [0.2, 0.25) is 0 Å². The van der Waals surface area contributed by atoms with Crippen molar-refractivity contribution >= 4 is 0 Å². The molecule has 0 spiro atoms. The van der Waals surface area contributed by atoms with Gasteiger partial charge >= 0.3 is 0 Å². The number of hydrogen-bond acceptors (Lipinski definition) is 2. The Balaban J connectivity index is 1.82. The molecule has 0 aromatic rings. The Morgan fingerprint density at radius 1 is 1.45 bits per heavy atom.